The van der Waals surface area contributed by atoms with Gasteiger partial charge in [0.1, 0.15) is 0 Å². The summed E-state index contributed by atoms with van der Waals surface area (Å²) >= 11 is 3.47. The maximum absolute atomic E-state index is 3.47. The number of H-pyrrole nitrogens is 1. The second-order valence-electron chi connectivity index (χ2n) is 3.40. The predicted molar refractivity (Wildman–Crippen MR) is 62.2 cm³/mol. The highest BCUT2D eigenvalue weighted by Gasteiger charge is 2.02. The third-order valence-electron chi connectivity index (χ3n) is 2.50. The van der Waals surface area contributed by atoms with Crippen LogP contribution in [0.15, 0.2) is 22.7 Å². The number of fused-ring (bicyclic) bond motifs is 3. The van der Waals surface area contributed by atoms with Gasteiger partial charge in [-0.2, -0.15) is 0 Å². The monoisotopic (exact) mass is 248 g/mol. The molecule has 0 bridgehead atoms. The average molecular weight is 249 g/mol. The van der Waals surface area contributed by atoms with Crippen molar-refractivity contribution >= 4 is 39.1 Å². The largest absolute Gasteiger partial charge is 0.387 e. The summed E-state index contributed by atoms with van der Waals surface area (Å²) < 4.78 is 1.11. The Hall–Kier alpha value is -1.22. The van der Waals surface area contributed by atoms with Gasteiger partial charge in [0.15, 0.2) is 0 Å². The lowest BCUT2D eigenvalue weighted by atomic mass is 10.2. The third-order valence-corrected chi connectivity index (χ3v) is 2.99. The van der Waals surface area contributed by atoms with Crippen molar-refractivity contribution in [3.05, 3.63) is 33.2 Å². The van der Waals surface area contributed by atoms with Crippen molar-refractivity contribution in [3.63, 3.8) is 0 Å². The van der Waals surface area contributed by atoms with Gasteiger partial charge in [-0.15, -0.1) is 0 Å². The van der Waals surface area contributed by atoms with E-state index < -0.39 is 0 Å². The minimum absolute atomic E-state index is 0.904. The number of aromatic amines is 1. The van der Waals surface area contributed by atoms with E-state index >= 15 is 0 Å². The zero-order valence-corrected chi connectivity index (χ0v) is 9.06. The molecule has 0 atom stereocenters. The Morgan fingerprint density at radius 3 is 3.14 bits per heavy atom. The first-order valence-corrected chi connectivity index (χ1v) is 5.35. The molecular formula is C11H9BrN2. The molecule has 0 amide bonds. The van der Waals surface area contributed by atoms with Crippen LogP contribution in [0.4, 0.5) is 0 Å². The summed E-state index contributed by atoms with van der Waals surface area (Å²) in [5.74, 6) is 0. The first-order valence-electron chi connectivity index (χ1n) is 4.55. The first-order chi connectivity index (χ1) is 6.84. The Labute approximate surface area is 89.4 Å². The van der Waals surface area contributed by atoms with E-state index in [0.717, 1.165) is 11.0 Å². The molecule has 2 aromatic rings. The standard InChI is InChI=1S/C11H9BrN2/c12-7-1-2-8-9-6-13-4-3-10(9)14-11(8)5-7/h1-3,5-6,13-14H,4H2. The van der Waals surface area contributed by atoms with Crippen LogP contribution in [0.1, 0.15) is 0 Å². The maximum atomic E-state index is 3.47. The fourth-order valence-electron chi connectivity index (χ4n) is 1.85. The number of benzene rings is 1. The summed E-state index contributed by atoms with van der Waals surface area (Å²) in [6.45, 7) is 0.904. The average Bonchev–Trinajstić information content (AvgIpc) is 2.54. The van der Waals surface area contributed by atoms with E-state index in [1.54, 1.807) is 0 Å². The Balaban J connectivity index is 2.56. The van der Waals surface area contributed by atoms with Gasteiger partial charge in [-0.05, 0) is 18.2 Å². The summed E-state index contributed by atoms with van der Waals surface area (Å²) in [6, 6.07) is 6.31. The fraction of sp³-hybridized carbons (Fsp3) is 0.0909. The molecule has 1 aliphatic rings. The SMILES string of the molecule is Brc1ccc2c3c([nH]c2c1)=CCNC=3. The second-order valence-corrected chi connectivity index (χ2v) is 4.31. The van der Waals surface area contributed by atoms with Gasteiger partial charge >= 0.3 is 0 Å². The Bertz CT molecular complexity index is 610. The molecule has 0 spiro atoms. The molecule has 0 fully saturated rings. The molecule has 2 heterocycles. The van der Waals surface area contributed by atoms with E-state index in [9.17, 15) is 0 Å². The van der Waals surface area contributed by atoms with Crippen LogP contribution >= 0.6 is 15.9 Å². The molecule has 0 radical (unpaired) electrons. The topological polar surface area (TPSA) is 27.8 Å². The second kappa shape index (κ2) is 2.89. The van der Waals surface area contributed by atoms with Crippen LogP contribution in [0.25, 0.3) is 23.2 Å². The lowest BCUT2D eigenvalue weighted by Crippen LogP contribution is -2.31. The van der Waals surface area contributed by atoms with Gasteiger partial charge in [0.2, 0.25) is 0 Å². The van der Waals surface area contributed by atoms with Crippen LogP contribution in [0.2, 0.25) is 0 Å². The van der Waals surface area contributed by atoms with Gasteiger partial charge in [0.05, 0.1) is 0 Å². The Morgan fingerprint density at radius 2 is 2.21 bits per heavy atom. The van der Waals surface area contributed by atoms with Gasteiger partial charge in [-0.3, -0.25) is 0 Å². The molecule has 70 valence electrons. The summed E-state index contributed by atoms with van der Waals surface area (Å²) in [4.78, 5) is 3.40. The molecule has 1 aromatic heterocycles. The molecule has 0 aliphatic carbocycles. The van der Waals surface area contributed by atoms with Crippen molar-refractivity contribution in [2.24, 2.45) is 0 Å². The highest BCUT2D eigenvalue weighted by atomic mass is 79.9. The Kier molecular flexibility index (Phi) is 1.67. The van der Waals surface area contributed by atoms with Crippen LogP contribution in [0.3, 0.4) is 0 Å². The van der Waals surface area contributed by atoms with Gasteiger partial charge in [0.25, 0.3) is 0 Å². The smallest absolute Gasteiger partial charge is 0.0476 e. The van der Waals surface area contributed by atoms with Crippen molar-refractivity contribution < 1.29 is 0 Å². The number of hydrogen-bond acceptors (Lipinski definition) is 1. The van der Waals surface area contributed by atoms with E-state index in [4.69, 9.17) is 0 Å². The number of rotatable bonds is 0. The molecule has 3 heteroatoms. The summed E-state index contributed by atoms with van der Waals surface area (Å²) in [5, 5.41) is 6.97. The van der Waals surface area contributed by atoms with Gasteiger partial charge in [0, 0.05) is 38.7 Å². The van der Waals surface area contributed by atoms with Crippen molar-refractivity contribution in [2.75, 3.05) is 6.54 Å². The van der Waals surface area contributed by atoms with E-state index in [-0.39, 0.29) is 0 Å². The van der Waals surface area contributed by atoms with Crippen molar-refractivity contribution in [3.8, 4) is 0 Å². The maximum Gasteiger partial charge on any atom is 0.0476 e. The number of aromatic nitrogens is 1. The molecule has 3 rings (SSSR count). The van der Waals surface area contributed by atoms with Gasteiger partial charge in [-0.1, -0.05) is 22.0 Å². The van der Waals surface area contributed by atoms with Crippen LogP contribution in [0.5, 0.6) is 0 Å². The highest BCUT2D eigenvalue weighted by Crippen LogP contribution is 2.14. The van der Waals surface area contributed by atoms with Crippen LogP contribution in [-0.2, 0) is 0 Å². The molecule has 2 N–H and O–H groups in total. The number of hydrogen-bond donors (Lipinski definition) is 2. The van der Waals surface area contributed by atoms with Crippen LogP contribution in [-0.4, -0.2) is 11.5 Å². The molecule has 0 unspecified atom stereocenters. The first kappa shape index (κ1) is 8.12. The van der Waals surface area contributed by atoms with Crippen molar-refractivity contribution in [2.45, 2.75) is 0 Å². The van der Waals surface area contributed by atoms with Crippen LogP contribution < -0.4 is 15.9 Å². The van der Waals surface area contributed by atoms with E-state index in [1.165, 1.54) is 21.5 Å². The molecule has 1 aliphatic heterocycles. The zero-order valence-electron chi connectivity index (χ0n) is 7.47. The normalized spacial score (nSPS) is 14.1. The third kappa shape index (κ3) is 1.09. The fourth-order valence-corrected chi connectivity index (χ4v) is 2.21. The lowest BCUT2D eigenvalue weighted by Gasteiger charge is -1.97. The highest BCUT2D eigenvalue weighted by molar-refractivity contribution is 9.10. The number of nitrogens with one attached hydrogen (secondary N) is 2. The Morgan fingerprint density at radius 1 is 1.29 bits per heavy atom. The van der Waals surface area contributed by atoms with E-state index in [2.05, 4.69) is 56.7 Å². The summed E-state index contributed by atoms with van der Waals surface area (Å²) in [6.07, 6.45) is 4.24. The molecule has 14 heavy (non-hydrogen) atoms. The summed E-state index contributed by atoms with van der Waals surface area (Å²) in [7, 11) is 0. The van der Waals surface area contributed by atoms with E-state index in [0.29, 0.717) is 0 Å². The van der Waals surface area contributed by atoms with Crippen LogP contribution in [0, 0.1) is 0 Å². The van der Waals surface area contributed by atoms with E-state index in [1.807, 2.05) is 0 Å². The molecule has 2 nitrogen and oxygen atoms in total. The quantitative estimate of drug-likeness (QED) is 0.717. The van der Waals surface area contributed by atoms with Crippen molar-refractivity contribution in [1.29, 1.82) is 0 Å². The molecule has 1 aromatic carbocycles. The zero-order chi connectivity index (χ0) is 9.54. The summed E-state index contributed by atoms with van der Waals surface area (Å²) in [5.41, 5.74) is 1.18. The van der Waals surface area contributed by atoms with Gasteiger partial charge < -0.3 is 10.3 Å². The lowest BCUT2D eigenvalue weighted by molar-refractivity contribution is 1.05. The predicted octanol–water partition coefficient (Wildman–Crippen LogP) is 1.05. The molecule has 0 saturated carbocycles. The number of halogens is 1. The minimum Gasteiger partial charge on any atom is -0.387 e. The van der Waals surface area contributed by atoms with Crippen molar-refractivity contribution in [1.82, 2.24) is 10.3 Å². The molecule has 0 saturated heterocycles. The minimum atomic E-state index is 0.904. The molecular weight excluding hydrogens is 240 g/mol. The van der Waals surface area contributed by atoms with Gasteiger partial charge in [-0.25, -0.2) is 0 Å².